The van der Waals surface area contributed by atoms with Gasteiger partial charge in [-0.2, -0.15) is 0 Å². The van der Waals surface area contributed by atoms with Crippen molar-refractivity contribution in [3.8, 4) is 0 Å². The fourth-order valence-corrected chi connectivity index (χ4v) is 0.234. The number of hydrogen-bond donors (Lipinski definition) is 13. The first-order chi connectivity index (χ1) is 14.1. The van der Waals surface area contributed by atoms with Gasteiger partial charge in [0.1, 0.15) is 18.1 Å². The van der Waals surface area contributed by atoms with Gasteiger partial charge in [0.15, 0.2) is 0 Å². The highest BCUT2D eigenvalue weighted by Crippen LogP contribution is 1.72. The molecule has 0 aromatic rings. The number of carboxylic acids is 5. The molecular weight excluding hydrogens is 434 g/mol. The molecule has 0 aromatic heterocycles. The Bertz CT molecular complexity index is 445. The normalized spacial score (nSPS) is 11.5. The Kier molecular flexibility index (Phi) is 33.7. The second-order valence-electron chi connectivity index (χ2n) is 4.58. The third-order valence-corrected chi connectivity index (χ3v) is 1.89. The van der Waals surface area contributed by atoms with Crippen molar-refractivity contribution in [2.24, 2.45) is 28.7 Å². The minimum absolute atomic E-state index is 0.278. The second kappa shape index (κ2) is 27.0. The van der Waals surface area contributed by atoms with Crippen molar-refractivity contribution in [1.82, 2.24) is 0 Å². The lowest BCUT2D eigenvalue weighted by molar-refractivity contribution is -0.140. The molecule has 18 nitrogen and oxygen atoms in total. The van der Waals surface area contributed by atoms with E-state index in [0.29, 0.717) is 0 Å². The Morgan fingerprint density at radius 1 is 0.516 bits per heavy atom. The Balaban J connectivity index is -0.0000000917. The van der Waals surface area contributed by atoms with Gasteiger partial charge in [-0.1, -0.05) is 0 Å². The standard InChI is InChI=1S/3C3H7NO3.2C2H5NO2/c3*4-2(1-5)3(6)7;2*3-1-2(4)5/h3*2,5H,1,4H2,(H,6,7);2*1,3H2,(H,4,5). The molecule has 0 aliphatic carbocycles. The van der Waals surface area contributed by atoms with Gasteiger partial charge >= 0.3 is 29.8 Å². The first kappa shape index (κ1) is 38.6. The molecule has 0 saturated heterocycles. The molecule has 0 fully saturated rings. The molecule has 0 heterocycles. The summed E-state index contributed by atoms with van der Waals surface area (Å²) in [7, 11) is 0. The van der Waals surface area contributed by atoms with Crippen LogP contribution in [0.3, 0.4) is 0 Å². The summed E-state index contributed by atoms with van der Waals surface area (Å²) in [5, 5.41) is 62.9. The van der Waals surface area contributed by atoms with Crippen molar-refractivity contribution in [2.45, 2.75) is 18.1 Å². The predicted molar refractivity (Wildman–Crippen MR) is 101 cm³/mol. The third kappa shape index (κ3) is 46.8. The summed E-state index contributed by atoms with van der Waals surface area (Å²) in [6, 6.07) is -3.38. The average Bonchev–Trinajstić information content (AvgIpc) is 2.72. The molecule has 0 bridgehead atoms. The summed E-state index contributed by atoms with van der Waals surface area (Å²) < 4.78 is 0. The van der Waals surface area contributed by atoms with Crippen LogP contribution in [0.5, 0.6) is 0 Å². The lowest BCUT2D eigenvalue weighted by atomic mass is 10.3. The fraction of sp³-hybridized carbons (Fsp3) is 0.615. The number of aliphatic carboxylic acids is 5. The highest BCUT2D eigenvalue weighted by Gasteiger charge is 2.08. The van der Waals surface area contributed by atoms with Crippen LogP contribution in [-0.4, -0.2) is 122 Å². The van der Waals surface area contributed by atoms with Gasteiger partial charge in [-0.05, 0) is 0 Å². The van der Waals surface area contributed by atoms with Crippen LogP contribution in [-0.2, 0) is 24.0 Å². The van der Waals surface area contributed by atoms with Crippen LogP contribution in [0.2, 0.25) is 0 Å². The van der Waals surface area contributed by atoms with Crippen molar-refractivity contribution in [2.75, 3.05) is 32.9 Å². The summed E-state index contributed by atoms with van der Waals surface area (Å²) in [5.74, 6) is -5.47. The highest BCUT2D eigenvalue weighted by molar-refractivity contribution is 5.73. The predicted octanol–water partition coefficient (Wildman–Crippen LogP) is -6.77. The SMILES string of the molecule is NC(CO)C(=O)O.NC(CO)C(=O)O.NC(CO)C(=O)O.NCC(=O)O.NCC(=O)O. The lowest BCUT2D eigenvalue weighted by Gasteiger charge is -1.96. The van der Waals surface area contributed by atoms with E-state index in [1.165, 1.54) is 0 Å². The Hall–Kier alpha value is -2.97. The van der Waals surface area contributed by atoms with Crippen LogP contribution in [0.25, 0.3) is 0 Å². The zero-order chi connectivity index (χ0) is 26.2. The van der Waals surface area contributed by atoms with Gasteiger partial charge < -0.3 is 69.5 Å². The van der Waals surface area contributed by atoms with E-state index < -0.39 is 67.8 Å². The quantitative estimate of drug-likeness (QED) is 0.158. The topological polar surface area (TPSA) is 377 Å². The van der Waals surface area contributed by atoms with Gasteiger partial charge in [-0.3, -0.25) is 24.0 Å². The van der Waals surface area contributed by atoms with Crippen LogP contribution < -0.4 is 28.7 Å². The van der Waals surface area contributed by atoms with Crippen molar-refractivity contribution < 1.29 is 64.8 Å². The maximum absolute atomic E-state index is 9.65. The number of nitrogens with two attached hydrogens (primary N) is 5. The van der Waals surface area contributed by atoms with Crippen molar-refractivity contribution in [3.05, 3.63) is 0 Å². The molecule has 0 radical (unpaired) electrons. The molecule has 0 aliphatic heterocycles. The molecule has 0 saturated carbocycles. The first-order valence-corrected chi connectivity index (χ1v) is 7.70. The van der Waals surface area contributed by atoms with Crippen LogP contribution in [0.15, 0.2) is 0 Å². The molecule has 31 heavy (non-hydrogen) atoms. The molecule has 0 rings (SSSR count). The molecule has 18 heteroatoms. The van der Waals surface area contributed by atoms with E-state index in [1.807, 2.05) is 0 Å². The molecule has 3 atom stereocenters. The molecule has 3 unspecified atom stereocenters. The zero-order valence-electron chi connectivity index (χ0n) is 16.3. The van der Waals surface area contributed by atoms with E-state index in [4.69, 9.17) is 58.1 Å². The van der Waals surface area contributed by atoms with Gasteiger partial charge in [-0.25, -0.2) is 0 Å². The average molecular weight is 465 g/mol. The minimum atomic E-state index is -1.18. The molecule has 0 aliphatic rings. The first-order valence-electron chi connectivity index (χ1n) is 7.70. The molecule has 0 spiro atoms. The van der Waals surface area contributed by atoms with Crippen molar-refractivity contribution in [1.29, 1.82) is 0 Å². The maximum atomic E-state index is 9.65. The van der Waals surface area contributed by atoms with Gasteiger partial charge in [0, 0.05) is 0 Å². The van der Waals surface area contributed by atoms with Gasteiger partial charge in [0.05, 0.1) is 32.9 Å². The number of rotatable bonds is 8. The lowest BCUT2D eigenvalue weighted by Crippen LogP contribution is -2.33. The molecule has 0 amide bonds. The Morgan fingerprint density at radius 2 is 0.645 bits per heavy atom. The van der Waals surface area contributed by atoms with Crippen molar-refractivity contribution in [3.63, 3.8) is 0 Å². The van der Waals surface area contributed by atoms with E-state index in [-0.39, 0.29) is 13.1 Å². The summed E-state index contributed by atoms with van der Waals surface area (Å²) >= 11 is 0. The highest BCUT2D eigenvalue weighted by atomic mass is 16.4. The largest absolute Gasteiger partial charge is 0.480 e. The number of aliphatic hydroxyl groups is 3. The molecular formula is C13H31N5O13. The zero-order valence-corrected chi connectivity index (χ0v) is 16.3. The smallest absolute Gasteiger partial charge is 0.322 e. The van der Waals surface area contributed by atoms with E-state index in [9.17, 15) is 24.0 Å². The van der Waals surface area contributed by atoms with Crippen molar-refractivity contribution >= 4 is 29.8 Å². The maximum Gasteiger partial charge on any atom is 0.322 e. The molecule has 0 aromatic carbocycles. The fourth-order valence-electron chi connectivity index (χ4n) is 0.234. The van der Waals surface area contributed by atoms with E-state index in [0.717, 1.165) is 0 Å². The van der Waals surface area contributed by atoms with E-state index in [1.54, 1.807) is 0 Å². The van der Waals surface area contributed by atoms with Crippen LogP contribution in [0.1, 0.15) is 0 Å². The van der Waals surface area contributed by atoms with E-state index in [2.05, 4.69) is 11.5 Å². The minimum Gasteiger partial charge on any atom is -0.480 e. The molecule has 18 N–H and O–H groups in total. The second-order valence-corrected chi connectivity index (χ2v) is 4.58. The van der Waals surface area contributed by atoms with Gasteiger partial charge in [-0.15, -0.1) is 0 Å². The molecule has 186 valence electrons. The van der Waals surface area contributed by atoms with Crippen LogP contribution in [0, 0.1) is 0 Å². The van der Waals surface area contributed by atoms with Gasteiger partial charge in [0.25, 0.3) is 0 Å². The summed E-state index contributed by atoms with van der Waals surface area (Å²) in [4.78, 5) is 47.4. The Labute approximate surface area is 175 Å². The van der Waals surface area contributed by atoms with Gasteiger partial charge in [0.2, 0.25) is 0 Å². The number of aliphatic hydroxyl groups excluding tert-OH is 3. The number of carboxylic acid groups (broad SMARTS) is 5. The summed E-state index contributed by atoms with van der Waals surface area (Å²) in [5.41, 5.74) is 23.4. The van der Waals surface area contributed by atoms with Crippen LogP contribution in [0.4, 0.5) is 0 Å². The van der Waals surface area contributed by atoms with Crippen LogP contribution >= 0.6 is 0 Å². The summed E-state index contributed by atoms with van der Waals surface area (Å²) in [6.45, 7) is -2.07. The van der Waals surface area contributed by atoms with E-state index >= 15 is 0 Å². The number of hydrogen-bond acceptors (Lipinski definition) is 13. The third-order valence-electron chi connectivity index (χ3n) is 1.89. The monoisotopic (exact) mass is 465 g/mol. The summed E-state index contributed by atoms with van der Waals surface area (Å²) in [6.07, 6.45) is 0. The number of carbonyl (C=O) groups is 5. The Morgan fingerprint density at radius 3 is 0.645 bits per heavy atom.